The Balaban J connectivity index is 1.95. The summed E-state index contributed by atoms with van der Waals surface area (Å²) in [6, 6.07) is 5.91. The number of rotatable bonds is 8. The van der Waals surface area contributed by atoms with Gasteiger partial charge in [-0.25, -0.2) is 0 Å². The summed E-state index contributed by atoms with van der Waals surface area (Å²) < 4.78 is 22.0. The standard InChI is InChI=1S/C16H25NO4/c1-17-15(11-20-10-13-5-4-8-21-13)14-7-6-12(18-2)9-16(14)19-3/h6-7,9,13,15,17H,4-5,8,10-11H2,1-3H3. The van der Waals surface area contributed by atoms with Crippen LogP contribution in [0.15, 0.2) is 18.2 Å². The van der Waals surface area contributed by atoms with Crippen LogP contribution in [-0.2, 0) is 9.47 Å². The lowest BCUT2D eigenvalue weighted by Gasteiger charge is -2.21. The first kappa shape index (κ1) is 16.1. The van der Waals surface area contributed by atoms with E-state index < -0.39 is 0 Å². The minimum atomic E-state index is 0.0762. The molecule has 1 fully saturated rings. The molecule has 0 saturated carbocycles. The highest BCUT2D eigenvalue weighted by Gasteiger charge is 2.19. The molecule has 0 bridgehead atoms. The van der Waals surface area contributed by atoms with Crippen molar-refractivity contribution in [2.24, 2.45) is 0 Å². The quantitative estimate of drug-likeness (QED) is 0.796. The van der Waals surface area contributed by atoms with Gasteiger partial charge in [0.2, 0.25) is 0 Å². The van der Waals surface area contributed by atoms with E-state index in [9.17, 15) is 0 Å². The van der Waals surface area contributed by atoms with Crippen LogP contribution in [0.25, 0.3) is 0 Å². The van der Waals surface area contributed by atoms with Crippen molar-refractivity contribution in [2.75, 3.05) is 41.1 Å². The summed E-state index contributed by atoms with van der Waals surface area (Å²) in [5.74, 6) is 1.58. The normalized spacial score (nSPS) is 19.5. The molecule has 0 spiro atoms. The fourth-order valence-corrected chi connectivity index (χ4v) is 2.53. The summed E-state index contributed by atoms with van der Waals surface area (Å²) >= 11 is 0. The lowest BCUT2D eigenvalue weighted by atomic mass is 10.1. The molecule has 118 valence electrons. The van der Waals surface area contributed by atoms with Crippen molar-refractivity contribution in [1.82, 2.24) is 5.32 Å². The van der Waals surface area contributed by atoms with Gasteiger partial charge in [0.15, 0.2) is 0 Å². The van der Waals surface area contributed by atoms with E-state index in [1.54, 1.807) is 14.2 Å². The minimum absolute atomic E-state index is 0.0762. The van der Waals surface area contributed by atoms with Gasteiger partial charge in [-0.1, -0.05) is 0 Å². The van der Waals surface area contributed by atoms with Gasteiger partial charge in [0.1, 0.15) is 11.5 Å². The van der Waals surface area contributed by atoms with Crippen molar-refractivity contribution in [1.29, 1.82) is 0 Å². The third-order valence-corrected chi connectivity index (χ3v) is 3.78. The number of benzene rings is 1. The second kappa shape index (κ2) is 8.22. The zero-order chi connectivity index (χ0) is 15.1. The van der Waals surface area contributed by atoms with Crippen molar-refractivity contribution in [3.05, 3.63) is 23.8 Å². The zero-order valence-electron chi connectivity index (χ0n) is 13.1. The van der Waals surface area contributed by atoms with E-state index in [4.69, 9.17) is 18.9 Å². The lowest BCUT2D eigenvalue weighted by Crippen LogP contribution is -2.25. The Morgan fingerprint density at radius 1 is 1.33 bits per heavy atom. The van der Waals surface area contributed by atoms with Crippen LogP contribution in [0.3, 0.4) is 0 Å². The molecule has 1 saturated heterocycles. The molecule has 0 amide bonds. The summed E-state index contributed by atoms with van der Waals surface area (Å²) in [5.41, 5.74) is 1.06. The Morgan fingerprint density at radius 2 is 2.19 bits per heavy atom. The van der Waals surface area contributed by atoms with Crippen LogP contribution < -0.4 is 14.8 Å². The third-order valence-electron chi connectivity index (χ3n) is 3.78. The summed E-state index contributed by atoms with van der Waals surface area (Å²) in [7, 11) is 5.23. The third kappa shape index (κ3) is 4.33. The molecule has 2 atom stereocenters. The molecule has 0 aromatic heterocycles. The summed E-state index contributed by atoms with van der Waals surface area (Å²) in [4.78, 5) is 0. The van der Waals surface area contributed by atoms with Gasteiger partial charge in [0.05, 0.1) is 39.6 Å². The SMILES string of the molecule is CNC(COCC1CCCO1)c1ccc(OC)cc1OC. The Bertz CT molecular complexity index is 432. The fraction of sp³-hybridized carbons (Fsp3) is 0.625. The molecule has 0 radical (unpaired) electrons. The molecule has 1 N–H and O–H groups in total. The Morgan fingerprint density at radius 3 is 2.81 bits per heavy atom. The summed E-state index contributed by atoms with van der Waals surface area (Å²) in [6.07, 6.45) is 2.48. The molecule has 21 heavy (non-hydrogen) atoms. The molecule has 1 aliphatic heterocycles. The minimum Gasteiger partial charge on any atom is -0.497 e. The van der Waals surface area contributed by atoms with Crippen molar-refractivity contribution < 1.29 is 18.9 Å². The molecule has 5 nitrogen and oxygen atoms in total. The van der Waals surface area contributed by atoms with E-state index in [2.05, 4.69) is 5.32 Å². The number of likely N-dealkylation sites (N-methyl/N-ethyl adjacent to an activating group) is 1. The van der Waals surface area contributed by atoms with Gasteiger partial charge in [-0.05, 0) is 32.0 Å². The van der Waals surface area contributed by atoms with Crippen LogP contribution in [0.1, 0.15) is 24.4 Å². The summed E-state index contributed by atoms with van der Waals surface area (Å²) in [5, 5.41) is 3.27. The molecular weight excluding hydrogens is 270 g/mol. The first-order chi connectivity index (χ1) is 10.3. The molecule has 1 aromatic carbocycles. The fourth-order valence-electron chi connectivity index (χ4n) is 2.53. The van der Waals surface area contributed by atoms with Gasteiger partial charge < -0.3 is 24.3 Å². The van der Waals surface area contributed by atoms with Crippen molar-refractivity contribution in [2.45, 2.75) is 25.0 Å². The van der Waals surface area contributed by atoms with E-state index in [-0.39, 0.29) is 12.1 Å². The van der Waals surface area contributed by atoms with Crippen molar-refractivity contribution in [3.63, 3.8) is 0 Å². The van der Waals surface area contributed by atoms with Gasteiger partial charge in [-0.3, -0.25) is 0 Å². The molecule has 0 aliphatic carbocycles. The maximum atomic E-state index is 5.81. The highest BCUT2D eigenvalue weighted by atomic mass is 16.5. The van der Waals surface area contributed by atoms with Crippen LogP contribution >= 0.6 is 0 Å². The predicted octanol–water partition coefficient (Wildman–Crippen LogP) is 2.16. The maximum Gasteiger partial charge on any atom is 0.127 e. The van der Waals surface area contributed by atoms with Crippen LogP contribution in [0.5, 0.6) is 11.5 Å². The molecule has 1 heterocycles. The van der Waals surface area contributed by atoms with Crippen LogP contribution in [0, 0.1) is 0 Å². The Kier molecular flexibility index (Phi) is 6.29. The van der Waals surface area contributed by atoms with Gasteiger partial charge in [0, 0.05) is 18.2 Å². The van der Waals surface area contributed by atoms with Gasteiger partial charge in [0.25, 0.3) is 0 Å². The maximum absolute atomic E-state index is 5.81. The predicted molar refractivity (Wildman–Crippen MR) is 81.1 cm³/mol. The monoisotopic (exact) mass is 295 g/mol. The van der Waals surface area contributed by atoms with E-state index in [1.165, 1.54) is 0 Å². The highest BCUT2D eigenvalue weighted by molar-refractivity contribution is 5.42. The van der Waals surface area contributed by atoms with Gasteiger partial charge in [-0.15, -0.1) is 0 Å². The molecule has 1 aromatic rings. The largest absolute Gasteiger partial charge is 0.497 e. The first-order valence-corrected chi connectivity index (χ1v) is 7.37. The molecule has 2 unspecified atom stereocenters. The summed E-state index contributed by atoms with van der Waals surface area (Å²) in [6.45, 7) is 2.09. The van der Waals surface area contributed by atoms with Crippen molar-refractivity contribution >= 4 is 0 Å². The van der Waals surface area contributed by atoms with E-state index in [1.807, 2.05) is 25.2 Å². The van der Waals surface area contributed by atoms with E-state index in [0.29, 0.717) is 13.2 Å². The van der Waals surface area contributed by atoms with E-state index in [0.717, 1.165) is 36.5 Å². The van der Waals surface area contributed by atoms with Crippen LogP contribution in [0.2, 0.25) is 0 Å². The van der Waals surface area contributed by atoms with E-state index >= 15 is 0 Å². The number of hydrogen-bond acceptors (Lipinski definition) is 5. The number of hydrogen-bond donors (Lipinski definition) is 1. The molecule has 2 rings (SSSR count). The Hall–Kier alpha value is -1.30. The van der Waals surface area contributed by atoms with Crippen molar-refractivity contribution in [3.8, 4) is 11.5 Å². The topological polar surface area (TPSA) is 49.0 Å². The number of nitrogens with one attached hydrogen (secondary N) is 1. The average molecular weight is 295 g/mol. The molecule has 1 aliphatic rings. The number of methoxy groups -OCH3 is 2. The van der Waals surface area contributed by atoms with Gasteiger partial charge in [-0.2, -0.15) is 0 Å². The molecule has 5 heteroatoms. The van der Waals surface area contributed by atoms with Gasteiger partial charge >= 0.3 is 0 Å². The average Bonchev–Trinajstić information content (AvgIpc) is 3.04. The van der Waals surface area contributed by atoms with Crippen LogP contribution in [-0.4, -0.2) is 47.2 Å². The number of ether oxygens (including phenoxy) is 4. The lowest BCUT2D eigenvalue weighted by molar-refractivity contribution is 0.0104. The first-order valence-electron chi connectivity index (χ1n) is 7.37. The second-order valence-electron chi connectivity index (χ2n) is 5.12. The molecular formula is C16H25NO4. The van der Waals surface area contributed by atoms with Crippen LogP contribution in [0.4, 0.5) is 0 Å². The highest BCUT2D eigenvalue weighted by Crippen LogP contribution is 2.29. The zero-order valence-corrected chi connectivity index (χ0v) is 13.1. The smallest absolute Gasteiger partial charge is 0.127 e. The second-order valence-corrected chi connectivity index (χ2v) is 5.12. The Labute approximate surface area is 126 Å².